The molecule has 1 aromatic carbocycles. The molecule has 0 fully saturated rings. The fraction of sp³-hybridized carbons (Fsp3) is 0. The van der Waals surface area contributed by atoms with E-state index in [0.717, 1.165) is 32.2 Å². The number of furan rings is 1. The Hall–Kier alpha value is -2.46. The molecule has 0 amide bonds. The molecule has 0 aliphatic heterocycles. The molecule has 0 N–H and O–H groups in total. The van der Waals surface area contributed by atoms with E-state index in [0.29, 0.717) is 0 Å². The maximum absolute atomic E-state index is 5.39. The van der Waals surface area contributed by atoms with Gasteiger partial charge in [0.15, 0.2) is 0 Å². The summed E-state index contributed by atoms with van der Waals surface area (Å²) in [7, 11) is 0. The van der Waals surface area contributed by atoms with Crippen LogP contribution in [0.25, 0.3) is 32.2 Å². The van der Waals surface area contributed by atoms with Crippen LogP contribution in [0.5, 0.6) is 0 Å². The third-order valence-corrected chi connectivity index (χ3v) is 4.13. The zero-order valence-corrected chi connectivity index (χ0v) is 11.3. The van der Waals surface area contributed by atoms with E-state index in [1.165, 1.54) is 0 Å². The van der Waals surface area contributed by atoms with Crippen molar-refractivity contribution < 1.29 is 4.42 Å². The Morgan fingerprint density at radius 3 is 2.50 bits per heavy atom. The highest BCUT2D eigenvalue weighted by molar-refractivity contribution is 7.21. The molecule has 0 atom stereocenters. The Morgan fingerprint density at radius 2 is 1.75 bits per heavy atom. The number of rotatable bonds is 2. The van der Waals surface area contributed by atoms with Gasteiger partial charge in [0.2, 0.25) is 0 Å². The fourth-order valence-corrected chi connectivity index (χ4v) is 3.03. The van der Waals surface area contributed by atoms with Gasteiger partial charge in [-0.1, -0.05) is 35.6 Å². The van der Waals surface area contributed by atoms with Gasteiger partial charge in [-0.2, -0.15) is 0 Å². The molecule has 0 saturated heterocycles. The van der Waals surface area contributed by atoms with Gasteiger partial charge >= 0.3 is 0 Å². The van der Waals surface area contributed by atoms with Gasteiger partial charge in [0.25, 0.3) is 0 Å². The number of aromatic nitrogens is 2. The summed E-state index contributed by atoms with van der Waals surface area (Å²) in [4.78, 5) is 9.90. The molecule has 96 valence electrons. The van der Waals surface area contributed by atoms with Crippen LogP contribution in [0.1, 0.15) is 0 Å². The van der Waals surface area contributed by atoms with Crippen LogP contribution in [-0.2, 0) is 0 Å². The topological polar surface area (TPSA) is 38.9 Å². The number of thiazole rings is 1. The van der Waals surface area contributed by atoms with Crippen LogP contribution in [0.2, 0.25) is 0 Å². The SMILES string of the molecule is c1coc(-c2ccc(-c3nc4cccnc4s3)cc2)c1. The fourth-order valence-electron chi connectivity index (χ4n) is 2.11. The minimum absolute atomic E-state index is 0.877. The molecule has 0 unspecified atom stereocenters. The summed E-state index contributed by atoms with van der Waals surface area (Å²) >= 11 is 1.61. The van der Waals surface area contributed by atoms with Crippen LogP contribution in [0, 0.1) is 0 Å². The second-order valence-corrected chi connectivity index (χ2v) is 5.38. The number of benzene rings is 1. The Balaban J connectivity index is 1.75. The van der Waals surface area contributed by atoms with Crippen molar-refractivity contribution in [1.29, 1.82) is 0 Å². The van der Waals surface area contributed by atoms with Gasteiger partial charge in [0.05, 0.1) is 6.26 Å². The van der Waals surface area contributed by atoms with Gasteiger partial charge < -0.3 is 4.42 Å². The van der Waals surface area contributed by atoms with Gasteiger partial charge in [0, 0.05) is 17.3 Å². The molecule has 3 aromatic heterocycles. The third-order valence-electron chi connectivity index (χ3n) is 3.10. The number of fused-ring (bicyclic) bond motifs is 1. The molecule has 0 aliphatic rings. The van der Waals surface area contributed by atoms with Gasteiger partial charge in [-0.05, 0) is 24.3 Å². The average Bonchev–Trinajstić information content (AvgIpc) is 3.17. The van der Waals surface area contributed by atoms with E-state index in [2.05, 4.69) is 22.1 Å². The second kappa shape index (κ2) is 4.58. The molecule has 0 aliphatic carbocycles. The Bertz CT molecular complexity index is 815. The van der Waals surface area contributed by atoms with Crippen molar-refractivity contribution >= 4 is 21.7 Å². The smallest absolute Gasteiger partial charge is 0.143 e. The highest BCUT2D eigenvalue weighted by atomic mass is 32.1. The third kappa shape index (κ3) is 1.90. The Labute approximate surface area is 119 Å². The summed E-state index contributed by atoms with van der Waals surface area (Å²) in [6.45, 7) is 0. The Kier molecular flexibility index (Phi) is 2.60. The molecule has 0 spiro atoms. The lowest BCUT2D eigenvalue weighted by molar-refractivity contribution is 0.582. The molecule has 4 heteroatoms. The summed E-state index contributed by atoms with van der Waals surface area (Å²) in [5.41, 5.74) is 3.11. The van der Waals surface area contributed by atoms with Crippen LogP contribution < -0.4 is 0 Å². The quantitative estimate of drug-likeness (QED) is 0.537. The first kappa shape index (κ1) is 11.4. The van der Waals surface area contributed by atoms with E-state index >= 15 is 0 Å². The predicted molar refractivity (Wildman–Crippen MR) is 80.6 cm³/mol. The first-order chi connectivity index (χ1) is 9.90. The molecule has 0 bridgehead atoms. The summed E-state index contributed by atoms with van der Waals surface area (Å²) < 4.78 is 5.39. The minimum atomic E-state index is 0.877. The van der Waals surface area contributed by atoms with E-state index in [1.54, 1.807) is 23.8 Å². The molecule has 0 saturated carbocycles. The molecule has 3 heterocycles. The predicted octanol–water partition coefficient (Wildman–Crippen LogP) is 4.62. The maximum atomic E-state index is 5.39. The molecular formula is C16H10N2OS. The normalized spacial score (nSPS) is 11.0. The molecule has 0 radical (unpaired) electrons. The van der Waals surface area contributed by atoms with E-state index in [-0.39, 0.29) is 0 Å². The molecular weight excluding hydrogens is 268 g/mol. The lowest BCUT2D eigenvalue weighted by Gasteiger charge is -1.99. The lowest BCUT2D eigenvalue weighted by atomic mass is 10.1. The zero-order valence-electron chi connectivity index (χ0n) is 10.5. The lowest BCUT2D eigenvalue weighted by Crippen LogP contribution is -1.77. The van der Waals surface area contributed by atoms with Crippen LogP contribution in [0.15, 0.2) is 65.4 Å². The molecule has 4 aromatic rings. The van der Waals surface area contributed by atoms with Crippen LogP contribution in [0.3, 0.4) is 0 Å². The number of hydrogen-bond donors (Lipinski definition) is 0. The van der Waals surface area contributed by atoms with Crippen molar-refractivity contribution in [2.45, 2.75) is 0 Å². The van der Waals surface area contributed by atoms with Crippen LogP contribution >= 0.6 is 11.3 Å². The highest BCUT2D eigenvalue weighted by Gasteiger charge is 2.07. The van der Waals surface area contributed by atoms with Crippen molar-refractivity contribution in [3.8, 4) is 21.9 Å². The highest BCUT2D eigenvalue weighted by Crippen LogP contribution is 2.30. The standard InChI is InChI=1S/C16H10N2OS/c1-3-13-16(17-9-1)20-15(18-13)12-7-5-11(6-8-12)14-4-2-10-19-14/h1-10H. The van der Waals surface area contributed by atoms with Crippen molar-refractivity contribution in [2.75, 3.05) is 0 Å². The molecule has 4 rings (SSSR count). The van der Waals surface area contributed by atoms with Crippen molar-refractivity contribution in [3.63, 3.8) is 0 Å². The molecule has 3 nitrogen and oxygen atoms in total. The first-order valence-electron chi connectivity index (χ1n) is 6.26. The Morgan fingerprint density at radius 1 is 0.900 bits per heavy atom. The summed E-state index contributed by atoms with van der Waals surface area (Å²) in [6, 6.07) is 16.0. The van der Waals surface area contributed by atoms with E-state index in [1.807, 2.05) is 36.4 Å². The van der Waals surface area contributed by atoms with Gasteiger partial charge in [-0.3, -0.25) is 0 Å². The van der Waals surface area contributed by atoms with Crippen molar-refractivity contribution in [1.82, 2.24) is 9.97 Å². The number of pyridine rings is 1. The monoisotopic (exact) mass is 278 g/mol. The van der Waals surface area contributed by atoms with Crippen molar-refractivity contribution in [2.24, 2.45) is 0 Å². The van der Waals surface area contributed by atoms with Crippen LogP contribution in [0.4, 0.5) is 0 Å². The van der Waals surface area contributed by atoms with Crippen LogP contribution in [-0.4, -0.2) is 9.97 Å². The van der Waals surface area contributed by atoms with Gasteiger partial charge in [0.1, 0.15) is 21.1 Å². The zero-order chi connectivity index (χ0) is 13.4. The largest absolute Gasteiger partial charge is 0.464 e. The molecule has 20 heavy (non-hydrogen) atoms. The summed E-state index contributed by atoms with van der Waals surface area (Å²) in [6.07, 6.45) is 3.48. The number of hydrogen-bond acceptors (Lipinski definition) is 4. The van der Waals surface area contributed by atoms with Crippen molar-refractivity contribution in [3.05, 3.63) is 61.0 Å². The number of nitrogens with zero attached hydrogens (tertiary/aromatic N) is 2. The van der Waals surface area contributed by atoms with E-state index in [9.17, 15) is 0 Å². The van der Waals surface area contributed by atoms with E-state index < -0.39 is 0 Å². The van der Waals surface area contributed by atoms with E-state index in [4.69, 9.17) is 4.42 Å². The maximum Gasteiger partial charge on any atom is 0.143 e. The van der Waals surface area contributed by atoms with Gasteiger partial charge in [-0.25, -0.2) is 9.97 Å². The average molecular weight is 278 g/mol. The first-order valence-corrected chi connectivity index (χ1v) is 7.08. The summed E-state index contributed by atoms with van der Waals surface area (Å²) in [5, 5.41) is 0.990. The second-order valence-electron chi connectivity index (χ2n) is 4.40. The van der Waals surface area contributed by atoms with Gasteiger partial charge in [-0.15, -0.1) is 0 Å². The summed E-state index contributed by atoms with van der Waals surface area (Å²) in [5.74, 6) is 0.877. The minimum Gasteiger partial charge on any atom is -0.464 e.